The molecular formula is C26H25NO4. The first-order valence-corrected chi connectivity index (χ1v) is 10.0. The van der Waals surface area contributed by atoms with E-state index < -0.39 is 12.6 Å². The Morgan fingerprint density at radius 1 is 0.806 bits per heavy atom. The number of esters is 1. The molecule has 0 atom stereocenters. The molecule has 0 spiro atoms. The first-order chi connectivity index (χ1) is 14.9. The van der Waals surface area contributed by atoms with Crippen LogP contribution in [0.3, 0.4) is 0 Å². The van der Waals surface area contributed by atoms with Gasteiger partial charge in [0.2, 0.25) is 0 Å². The summed E-state index contributed by atoms with van der Waals surface area (Å²) in [5.41, 5.74) is 3.71. The van der Waals surface area contributed by atoms with Crippen molar-refractivity contribution in [2.45, 2.75) is 20.4 Å². The molecular weight excluding hydrogens is 390 g/mol. The van der Waals surface area contributed by atoms with E-state index in [4.69, 9.17) is 4.74 Å². The van der Waals surface area contributed by atoms with Crippen molar-refractivity contribution in [1.82, 2.24) is 4.90 Å². The molecule has 0 aliphatic carbocycles. The molecule has 3 aromatic rings. The van der Waals surface area contributed by atoms with E-state index in [1.165, 1.54) is 4.90 Å². The molecule has 0 unspecified atom stereocenters. The molecule has 0 radical (unpaired) electrons. The standard InChI is InChI=1S/C26H25NO4/c1-18-13-14-19(2)23(15-18)25(29)21-11-7-8-12-22(21)26(30)31-17-24(28)27(3)16-20-9-5-4-6-10-20/h4-15H,16-17H2,1-3H3. The second kappa shape index (κ2) is 9.85. The minimum atomic E-state index is -0.698. The van der Waals surface area contributed by atoms with Gasteiger partial charge >= 0.3 is 5.97 Å². The fourth-order valence-corrected chi connectivity index (χ4v) is 3.25. The molecule has 0 aliphatic rings. The van der Waals surface area contributed by atoms with Crippen LogP contribution in [-0.2, 0) is 16.1 Å². The summed E-state index contributed by atoms with van der Waals surface area (Å²) in [6.45, 7) is 3.79. The number of carbonyl (C=O) groups is 3. The van der Waals surface area contributed by atoms with E-state index in [1.807, 2.05) is 62.4 Å². The summed E-state index contributed by atoms with van der Waals surface area (Å²) in [4.78, 5) is 39.7. The summed E-state index contributed by atoms with van der Waals surface area (Å²) in [5, 5.41) is 0. The van der Waals surface area contributed by atoms with Crippen LogP contribution in [0.25, 0.3) is 0 Å². The number of aryl methyl sites for hydroxylation is 2. The predicted molar refractivity (Wildman–Crippen MR) is 119 cm³/mol. The van der Waals surface area contributed by atoms with Crippen molar-refractivity contribution in [3.63, 3.8) is 0 Å². The topological polar surface area (TPSA) is 63.7 Å². The Labute approximate surface area is 182 Å². The SMILES string of the molecule is Cc1ccc(C)c(C(=O)c2ccccc2C(=O)OCC(=O)N(C)Cc2ccccc2)c1. The zero-order valence-corrected chi connectivity index (χ0v) is 17.9. The van der Waals surface area contributed by atoms with Gasteiger partial charge in [0.05, 0.1) is 5.56 Å². The lowest BCUT2D eigenvalue weighted by atomic mass is 9.94. The van der Waals surface area contributed by atoms with Gasteiger partial charge < -0.3 is 9.64 Å². The van der Waals surface area contributed by atoms with Crippen LogP contribution in [0, 0.1) is 13.8 Å². The zero-order chi connectivity index (χ0) is 22.4. The highest BCUT2D eigenvalue weighted by Crippen LogP contribution is 2.19. The highest BCUT2D eigenvalue weighted by Gasteiger charge is 2.21. The van der Waals surface area contributed by atoms with E-state index in [2.05, 4.69) is 0 Å². The minimum Gasteiger partial charge on any atom is -0.452 e. The second-order valence-electron chi connectivity index (χ2n) is 7.50. The molecule has 1 amide bonds. The molecule has 0 aliphatic heterocycles. The van der Waals surface area contributed by atoms with Crippen molar-refractivity contribution in [2.24, 2.45) is 0 Å². The number of ketones is 1. The molecule has 0 saturated heterocycles. The number of amides is 1. The highest BCUT2D eigenvalue weighted by molar-refractivity contribution is 6.15. The molecule has 0 fully saturated rings. The lowest BCUT2D eigenvalue weighted by molar-refractivity contribution is -0.133. The fourth-order valence-electron chi connectivity index (χ4n) is 3.25. The monoisotopic (exact) mass is 415 g/mol. The van der Waals surface area contributed by atoms with Crippen molar-refractivity contribution < 1.29 is 19.1 Å². The number of rotatable bonds is 7. The van der Waals surface area contributed by atoms with Crippen molar-refractivity contribution in [3.8, 4) is 0 Å². The maximum Gasteiger partial charge on any atom is 0.339 e. The maximum atomic E-state index is 13.1. The molecule has 31 heavy (non-hydrogen) atoms. The molecule has 3 rings (SSSR count). The summed E-state index contributed by atoms with van der Waals surface area (Å²) in [6, 6.07) is 21.7. The summed E-state index contributed by atoms with van der Waals surface area (Å²) in [5.74, 6) is -1.27. The quantitative estimate of drug-likeness (QED) is 0.425. The average Bonchev–Trinajstić information content (AvgIpc) is 2.79. The zero-order valence-electron chi connectivity index (χ0n) is 17.9. The van der Waals surface area contributed by atoms with Gasteiger partial charge in [-0.25, -0.2) is 4.79 Å². The first kappa shape index (κ1) is 22.0. The van der Waals surface area contributed by atoms with Crippen LogP contribution < -0.4 is 0 Å². The molecule has 0 aromatic heterocycles. The number of nitrogens with zero attached hydrogens (tertiary/aromatic N) is 1. The average molecular weight is 415 g/mol. The molecule has 0 N–H and O–H groups in total. The predicted octanol–water partition coefficient (Wildman–Crippen LogP) is 4.35. The Bertz CT molecular complexity index is 1110. The van der Waals surface area contributed by atoms with Crippen molar-refractivity contribution >= 4 is 17.7 Å². The van der Waals surface area contributed by atoms with Gasteiger partial charge in [-0.05, 0) is 37.1 Å². The molecule has 158 valence electrons. The molecule has 0 heterocycles. The molecule has 0 bridgehead atoms. The smallest absolute Gasteiger partial charge is 0.339 e. The van der Waals surface area contributed by atoms with Crippen LogP contribution in [0.4, 0.5) is 0 Å². The Hall–Kier alpha value is -3.73. The number of benzene rings is 3. The summed E-state index contributed by atoms with van der Waals surface area (Å²) in [7, 11) is 1.65. The van der Waals surface area contributed by atoms with E-state index in [-0.39, 0.29) is 22.8 Å². The largest absolute Gasteiger partial charge is 0.452 e. The third kappa shape index (κ3) is 5.45. The maximum absolute atomic E-state index is 13.1. The fraction of sp³-hybridized carbons (Fsp3) is 0.192. The second-order valence-corrected chi connectivity index (χ2v) is 7.50. The van der Waals surface area contributed by atoms with Crippen LogP contribution in [0.1, 0.15) is 43.0 Å². The molecule has 5 heteroatoms. The molecule has 5 nitrogen and oxygen atoms in total. The summed E-state index contributed by atoms with van der Waals surface area (Å²) in [6.07, 6.45) is 0. The van der Waals surface area contributed by atoms with Crippen molar-refractivity contribution in [3.05, 3.63) is 106 Å². The van der Waals surface area contributed by atoms with Gasteiger partial charge in [-0.2, -0.15) is 0 Å². The number of ether oxygens (including phenoxy) is 1. The number of hydrogen-bond donors (Lipinski definition) is 0. The first-order valence-electron chi connectivity index (χ1n) is 10.0. The molecule has 0 saturated carbocycles. The van der Waals surface area contributed by atoms with Crippen LogP contribution in [0.2, 0.25) is 0 Å². The summed E-state index contributed by atoms with van der Waals surface area (Å²) < 4.78 is 5.25. The van der Waals surface area contributed by atoms with Crippen molar-refractivity contribution in [1.29, 1.82) is 0 Å². The van der Waals surface area contributed by atoms with Crippen LogP contribution in [0.15, 0.2) is 72.8 Å². The normalized spacial score (nSPS) is 10.4. The lowest BCUT2D eigenvalue weighted by Gasteiger charge is -2.17. The van der Waals surface area contributed by atoms with Gasteiger partial charge in [-0.15, -0.1) is 0 Å². The number of carbonyl (C=O) groups excluding carboxylic acids is 3. The van der Waals surface area contributed by atoms with Crippen molar-refractivity contribution in [2.75, 3.05) is 13.7 Å². The van der Waals surface area contributed by atoms with E-state index in [9.17, 15) is 14.4 Å². The Kier molecular flexibility index (Phi) is 6.98. The minimum absolute atomic E-state index is 0.145. The number of likely N-dealkylation sites (N-methyl/N-ethyl adjacent to an activating group) is 1. The Balaban J connectivity index is 1.70. The number of hydrogen-bond acceptors (Lipinski definition) is 4. The van der Waals surface area contributed by atoms with E-state index in [1.54, 1.807) is 31.3 Å². The third-order valence-electron chi connectivity index (χ3n) is 5.04. The van der Waals surface area contributed by atoms with Crippen LogP contribution in [0.5, 0.6) is 0 Å². The van der Waals surface area contributed by atoms with Gasteiger partial charge in [0.15, 0.2) is 12.4 Å². The Morgan fingerprint density at radius 2 is 1.45 bits per heavy atom. The van der Waals surface area contributed by atoms with Crippen LogP contribution in [-0.4, -0.2) is 36.2 Å². The van der Waals surface area contributed by atoms with Gasteiger partial charge in [-0.1, -0.05) is 66.2 Å². The van der Waals surface area contributed by atoms with E-state index >= 15 is 0 Å². The van der Waals surface area contributed by atoms with Gasteiger partial charge in [0.1, 0.15) is 0 Å². The van der Waals surface area contributed by atoms with Gasteiger partial charge in [0, 0.05) is 24.7 Å². The molecule has 3 aromatic carbocycles. The van der Waals surface area contributed by atoms with E-state index in [0.717, 1.165) is 16.7 Å². The van der Waals surface area contributed by atoms with E-state index in [0.29, 0.717) is 12.1 Å². The lowest BCUT2D eigenvalue weighted by Crippen LogP contribution is -2.31. The highest BCUT2D eigenvalue weighted by atomic mass is 16.5. The van der Waals surface area contributed by atoms with Gasteiger partial charge in [-0.3, -0.25) is 9.59 Å². The van der Waals surface area contributed by atoms with Crippen LogP contribution >= 0.6 is 0 Å². The van der Waals surface area contributed by atoms with Gasteiger partial charge in [0.25, 0.3) is 5.91 Å². The Morgan fingerprint density at radius 3 is 2.16 bits per heavy atom. The third-order valence-corrected chi connectivity index (χ3v) is 5.04. The summed E-state index contributed by atoms with van der Waals surface area (Å²) >= 11 is 0.